The van der Waals surface area contributed by atoms with E-state index in [4.69, 9.17) is 20.8 Å². The number of furan rings is 1. The average Bonchev–Trinajstić information content (AvgIpc) is 3.61. The number of carbonyl (C=O) groups excluding carboxylic acids is 3. The van der Waals surface area contributed by atoms with E-state index in [1.165, 1.54) is 11.3 Å². The molecule has 2 atom stereocenters. The third kappa shape index (κ3) is 3.54. The molecular weight excluding hydrogens is 484 g/mol. The number of imide groups is 1. The van der Waals surface area contributed by atoms with Crippen LogP contribution in [0.25, 0.3) is 0 Å². The van der Waals surface area contributed by atoms with E-state index in [0.717, 1.165) is 10.5 Å². The summed E-state index contributed by atoms with van der Waals surface area (Å²) in [7, 11) is 0. The molecule has 3 aliphatic rings. The molecule has 10 heteroatoms. The van der Waals surface area contributed by atoms with Gasteiger partial charge in [-0.05, 0) is 35.9 Å². The van der Waals surface area contributed by atoms with Crippen LogP contribution in [0.15, 0.2) is 76.4 Å². The van der Waals surface area contributed by atoms with Crippen LogP contribution in [0.2, 0.25) is 5.02 Å². The monoisotopic (exact) mass is 504 g/mol. The zero-order chi connectivity index (χ0) is 24.9. The topological polar surface area (TPSA) is 104 Å². The fourth-order valence-electron chi connectivity index (χ4n) is 4.98. The zero-order valence-electron chi connectivity index (χ0n) is 19.0. The van der Waals surface area contributed by atoms with E-state index < -0.39 is 36.0 Å². The molecule has 4 heterocycles. The maximum atomic E-state index is 13.6. The fraction of sp³-hybridized carbons (Fsp3) is 0.231. The predicted molar refractivity (Wildman–Crippen MR) is 129 cm³/mol. The molecule has 1 spiro atoms. The van der Waals surface area contributed by atoms with E-state index in [2.05, 4.69) is 10.4 Å². The number of ether oxygens (including phenoxy) is 1. The Labute approximate surface area is 211 Å². The van der Waals surface area contributed by atoms with Gasteiger partial charge in [0.2, 0.25) is 0 Å². The van der Waals surface area contributed by atoms with Crippen molar-refractivity contribution < 1.29 is 23.5 Å². The van der Waals surface area contributed by atoms with Crippen molar-refractivity contribution >= 4 is 35.2 Å². The molecule has 0 saturated carbocycles. The summed E-state index contributed by atoms with van der Waals surface area (Å²) in [5.74, 6) is 0.122. The Hall–Kier alpha value is -4.11. The summed E-state index contributed by atoms with van der Waals surface area (Å²) in [4.78, 5) is 41.0. The van der Waals surface area contributed by atoms with Gasteiger partial charge >= 0.3 is 6.03 Å². The average molecular weight is 505 g/mol. The van der Waals surface area contributed by atoms with Crippen LogP contribution in [-0.2, 0) is 15.1 Å². The molecular formula is C26H21ClN4O5. The Balaban J connectivity index is 1.29. The molecule has 6 rings (SSSR count). The van der Waals surface area contributed by atoms with E-state index in [1.54, 1.807) is 48.5 Å². The van der Waals surface area contributed by atoms with Crippen LogP contribution < -0.4 is 10.1 Å². The quantitative estimate of drug-likeness (QED) is 0.544. The maximum absolute atomic E-state index is 13.6. The Morgan fingerprint density at radius 1 is 1.11 bits per heavy atom. The first-order valence-electron chi connectivity index (χ1n) is 11.5. The number of hydrazone groups is 1. The van der Waals surface area contributed by atoms with E-state index in [1.807, 2.05) is 12.1 Å². The molecule has 0 aliphatic carbocycles. The normalized spacial score (nSPS) is 22.9. The van der Waals surface area contributed by atoms with Gasteiger partial charge in [-0.3, -0.25) is 14.5 Å². The van der Waals surface area contributed by atoms with Crippen molar-refractivity contribution in [2.45, 2.75) is 24.4 Å². The molecule has 3 aromatic rings. The second-order valence-corrected chi connectivity index (χ2v) is 9.29. The van der Waals surface area contributed by atoms with Crippen LogP contribution in [0, 0.1) is 0 Å². The Morgan fingerprint density at radius 3 is 2.69 bits per heavy atom. The van der Waals surface area contributed by atoms with Crippen LogP contribution >= 0.6 is 11.6 Å². The number of rotatable bonds is 4. The third-order valence-electron chi connectivity index (χ3n) is 6.77. The summed E-state index contributed by atoms with van der Waals surface area (Å²) in [6, 6.07) is 16.7. The number of amides is 4. The van der Waals surface area contributed by atoms with Crippen molar-refractivity contribution in [3.05, 3.63) is 88.8 Å². The number of urea groups is 1. The van der Waals surface area contributed by atoms with Gasteiger partial charge in [0.25, 0.3) is 11.8 Å². The van der Waals surface area contributed by atoms with E-state index in [-0.39, 0.29) is 13.0 Å². The van der Waals surface area contributed by atoms with Gasteiger partial charge in [0, 0.05) is 23.4 Å². The number of nitrogens with one attached hydrogen (secondary N) is 1. The second-order valence-electron chi connectivity index (χ2n) is 8.85. The van der Waals surface area contributed by atoms with Crippen LogP contribution in [0.4, 0.5) is 4.79 Å². The highest BCUT2D eigenvalue weighted by Gasteiger charge is 2.55. The van der Waals surface area contributed by atoms with Gasteiger partial charge in [-0.15, -0.1) is 0 Å². The summed E-state index contributed by atoms with van der Waals surface area (Å²) in [6.07, 6.45) is 2.22. The van der Waals surface area contributed by atoms with Crippen molar-refractivity contribution in [3.8, 4) is 5.75 Å². The Bertz CT molecular complexity index is 1390. The number of hydrogen-bond donors (Lipinski definition) is 1. The summed E-state index contributed by atoms with van der Waals surface area (Å²) < 4.78 is 11.3. The SMILES string of the molecule is O=C1NC2(CCOc3ccccc32)C(=O)N1CC(=O)N1N=C(c2ccc(Cl)cc2)CC1c1ccco1. The minimum Gasteiger partial charge on any atom is -0.493 e. The molecule has 1 N–H and O–H groups in total. The maximum Gasteiger partial charge on any atom is 0.325 e. The predicted octanol–water partition coefficient (Wildman–Crippen LogP) is 3.84. The first-order valence-corrected chi connectivity index (χ1v) is 11.9. The lowest BCUT2D eigenvalue weighted by molar-refractivity contribution is -0.140. The highest BCUT2D eigenvalue weighted by Crippen LogP contribution is 2.41. The number of benzene rings is 2. The molecule has 36 heavy (non-hydrogen) atoms. The molecule has 4 amide bonds. The van der Waals surface area contributed by atoms with Gasteiger partial charge in [0.1, 0.15) is 24.1 Å². The smallest absolute Gasteiger partial charge is 0.325 e. The van der Waals surface area contributed by atoms with Gasteiger partial charge < -0.3 is 14.5 Å². The van der Waals surface area contributed by atoms with Crippen LogP contribution in [0.5, 0.6) is 5.75 Å². The molecule has 1 saturated heterocycles. The first-order chi connectivity index (χ1) is 17.5. The number of nitrogens with zero attached hydrogens (tertiary/aromatic N) is 3. The molecule has 2 aromatic carbocycles. The van der Waals surface area contributed by atoms with Crippen LogP contribution in [0.1, 0.15) is 35.8 Å². The minimum atomic E-state index is -1.25. The number of para-hydroxylation sites is 1. The van der Waals surface area contributed by atoms with Crippen molar-refractivity contribution in [1.82, 2.24) is 15.2 Å². The Kier molecular flexibility index (Phi) is 5.30. The molecule has 0 bridgehead atoms. The van der Waals surface area contributed by atoms with Crippen molar-refractivity contribution in [1.29, 1.82) is 0 Å². The Morgan fingerprint density at radius 2 is 1.92 bits per heavy atom. The van der Waals surface area contributed by atoms with Gasteiger partial charge in [0.05, 0.1) is 18.6 Å². The molecule has 2 unspecified atom stereocenters. The van der Waals surface area contributed by atoms with Gasteiger partial charge in [0.15, 0.2) is 5.54 Å². The van der Waals surface area contributed by atoms with Gasteiger partial charge in [-0.1, -0.05) is 41.9 Å². The number of fused-ring (bicyclic) bond motifs is 2. The summed E-state index contributed by atoms with van der Waals surface area (Å²) in [5.41, 5.74) is 0.824. The second kappa shape index (κ2) is 8.53. The summed E-state index contributed by atoms with van der Waals surface area (Å²) in [6.45, 7) is -0.184. The largest absolute Gasteiger partial charge is 0.493 e. The highest BCUT2D eigenvalue weighted by atomic mass is 35.5. The minimum absolute atomic E-state index is 0.270. The van der Waals surface area contributed by atoms with Crippen molar-refractivity contribution in [2.24, 2.45) is 5.10 Å². The number of hydrogen-bond acceptors (Lipinski definition) is 6. The summed E-state index contributed by atoms with van der Waals surface area (Å²) in [5, 5.41) is 9.28. The van der Waals surface area contributed by atoms with Gasteiger partial charge in [-0.2, -0.15) is 5.10 Å². The fourth-order valence-corrected chi connectivity index (χ4v) is 5.11. The molecule has 9 nitrogen and oxygen atoms in total. The lowest BCUT2D eigenvalue weighted by Gasteiger charge is -2.33. The van der Waals surface area contributed by atoms with E-state index in [9.17, 15) is 14.4 Å². The number of carbonyl (C=O) groups is 3. The van der Waals surface area contributed by atoms with Crippen molar-refractivity contribution in [2.75, 3.05) is 13.2 Å². The lowest BCUT2D eigenvalue weighted by Crippen LogP contribution is -2.48. The van der Waals surface area contributed by atoms with Crippen molar-refractivity contribution in [3.63, 3.8) is 0 Å². The van der Waals surface area contributed by atoms with E-state index in [0.29, 0.717) is 34.2 Å². The standard InChI is InChI=1S/C26H21ClN4O5/c27-17-9-7-16(8-10-17)19-14-20(22-6-3-12-35-22)31(29-19)23(32)15-30-24(33)26(28-25(30)34)11-13-36-21-5-2-1-4-18(21)26/h1-10,12,20H,11,13-15H2,(H,28,34). The third-order valence-corrected chi connectivity index (χ3v) is 7.02. The molecule has 1 aromatic heterocycles. The first kappa shape index (κ1) is 22.4. The molecule has 0 radical (unpaired) electrons. The van der Waals surface area contributed by atoms with E-state index >= 15 is 0 Å². The molecule has 3 aliphatic heterocycles. The number of halogens is 1. The molecule has 1 fully saturated rings. The lowest BCUT2D eigenvalue weighted by atomic mass is 9.84. The highest BCUT2D eigenvalue weighted by molar-refractivity contribution is 6.30. The zero-order valence-corrected chi connectivity index (χ0v) is 19.8. The summed E-state index contributed by atoms with van der Waals surface area (Å²) >= 11 is 6.02. The van der Waals surface area contributed by atoms with Crippen LogP contribution in [0.3, 0.4) is 0 Å². The van der Waals surface area contributed by atoms with Gasteiger partial charge in [-0.25, -0.2) is 9.80 Å². The molecule has 182 valence electrons. The van der Waals surface area contributed by atoms with Crippen LogP contribution in [-0.4, -0.2) is 46.6 Å².